The van der Waals surface area contributed by atoms with E-state index in [1.807, 2.05) is 0 Å². The van der Waals surface area contributed by atoms with Crippen LogP contribution in [-0.2, 0) is 5.41 Å². The molecule has 0 spiro atoms. The highest BCUT2D eigenvalue weighted by atomic mass is 16.3. The quantitative estimate of drug-likeness (QED) is 0.845. The molecule has 0 aliphatic heterocycles. The van der Waals surface area contributed by atoms with Gasteiger partial charge in [0.05, 0.1) is 6.10 Å². The zero-order valence-electron chi connectivity index (χ0n) is 13.1. The lowest BCUT2D eigenvalue weighted by molar-refractivity contribution is 0.116. The standard InChI is InChI=1S/C17H29NO/c1-6-12-18(7-2)13-16(19)14-8-10-15(11-9-14)17(3,4)5/h8-11,16,19H,6-7,12-13H2,1-5H3. The van der Waals surface area contributed by atoms with Crippen LogP contribution in [0.1, 0.15) is 58.3 Å². The van der Waals surface area contributed by atoms with Crippen molar-refractivity contribution in [3.05, 3.63) is 35.4 Å². The molecule has 1 N–H and O–H groups in total. The summed E-state index contributed by atoms with van der Waals surface area (Å²) in [5, 5.41) is 10.3. The summed E-state index contributed by atoms with van der Waals surface area (Å²) in [6.45, 7) is 13.7. The molecule has 0 aliphatic carbocycles. The molecular formula is C17H29NO. The third-order valence-corrected chi connectivity index (χ3v) is 3.58. The van der Waals surface area contributed by atoms with Gasteiger partial charge in [-0.3, -0.25) is 0 Å². The van der Waals surface area contributed by atoms with Gasteiger partial charge in [0, 0.05) is 6.54 Å². The van der Waals surface area contributed by atoms with Crippen molar-refractivity contribution in [3.8, 4) is 0 Å². The summed E-state index contributed by atoms with van der Waals surface area (Å²) in [5.41, 5.74) is 2.49. The minimum Gasteiger partial charge on any atom is -0.387 e. The van der Waals surface area contributed by atoms with Crippen molar-refractivity contribution in [2.75, 3.05) is 19.6 Å². The van der Waals surface area contributed by atoms with Crippen LogP contribution in [0.4, 0.5) is 0 Å². The van der Waals surface area contributed by atoms with Crippen molar-refractivity contribution in [1.82, 2.24) is 4.90 Å². The normalized spacial score (nSPS) is 13.8. The van der Waals surface area contributed by atoms with Crippen molar-refractivity contribution in [3.63, 3.8) is 0 Å². The maximum Gasteiger partial charge on any atom is 0.0916 e. The molecule has 0 saturated heterocycles. The average Bonchev–Trinajstić information content (AvgIpc) is 2.37. The summed E-state index contributed by atoms with van der Waals surface area (Å²) in [6.07, 6.45) is 0.740. The van der Waals surface area contributed by atoms with Crippen molar-refractivity contribution >= 4 is 0 Å². The summed E-state index contributed by atoms with van der Waals surface area (Å²) in [6, 6.07) is 8.39. The van der Waals surface area contributed by atoms with Gasteiger partial charge in [-0.1, -0.05) is 58.9 Å². The number of aliphatic hydroxyl groups is 1. The maximum absolute atomic E-state index is 10.3. The average molecular weight is 263 g/mol. The SMILES string of the molecule is CCCN(CC)CC(O)c1ccc(C(C)(C)C)cc1. The molecule has 0 aliphatic rings. The van der Waals surface area contributed by atoms with E-state index in [1.54, 1.807) is 0 Å². The van der Waals surface area contributed by atoms with E-state index < -0.39 is 0 Å². The predicted octanol–water partition coefficient (Wildman–Crippen LogP) is 3.75. The van der Waals surface area contributed by atoms with E-state index in [0.29, 0.717) is 0 Å². The summed E-state index contributed by atoms with van der Waals surface area (Å²) in [4.78, 5) is 2.29. The fourth-order valence-electron chi connectivity index (χ4n) is 2.25. The lowest BCUT2D eigenvalue weighted by atomic mass is 9.86. The van der Waals surface area contributed by atoms with Crippen molar-refractivity contribution in [1.29, 1.82) is 0 Å². The molecule has 1 rings (SSSR count). The number of nitrogens with zero attached hydrogens (tertiary/aromatic N) is 1. The lowest BCUT2D eigenvalue weighted by Crippen LogP contribution is -2.29. The van der Waals surface area contributed by atoms with Crippen LogP contribution in [0.25, 0.3) is 0 Å². The van der Waals surface area contributed by atoms with Crippen molar-refractivity contribution in [2.24, 2.45) is 0 Å². The molecule has 2 heteroatoms. The smallest absolute Gasteiger partial charge is 0.0916 e. The summed E-state index contributed by atoms with van der Waals surface area (Å²) in [5.74, 6) is 0. The van der Waals surface area contributed by atoms with E-state index in [9.17, 15) is 5.11 Å². The van der Waals surface area contributed by atoms with Crippen LogP contribution in [0.3, 0.4) is 0 Å². The van der Waals surface area contributed by atoms with Crippen LogP contribution in [0, 0.1) is 0 Å². The number of rotatable bonds is 6. The van der Waals surface area contributed by atoms with Crippen LogP contribution < -0.4 is 0 Å². The Hall–Kier alpha value is -0.860. The molecule has 108 valence electrons. The topological polar surface area (TPSA) is 23.5 Å². The van der Waals surface area contributed by atoms with Gasteiger partial charge < -0.3 is 10.0 Å². The van der Waals surface area contributed by atoms with E-state index >= 15 is 0 Å². The van der Waals surface area contributed by atoms with Gasteiger partial charge in [0.2, 0.25) is 0 Å². The van der Waals surface area contributed by atoms with Crippen molar-refractivity contribution < 1.29 is 5.11 Å². The van der Waals surface area contributed by atoms with E-state index in [0.717, 1.165) is 31.6 Å². The first kappa shape index (κ1) is 16.2. The Morgan fingerprint density at radius 3 is 2.11 bits per heavy atom. The zero-order chi connectivity index (χ0) is 14.5. The van der Waals surface area contributed by atoms with Crippen LogP contribution >= 0.6 is 0 Å². The highest BCUT2D eigenvalue weighted by Gasteiger charge is 2.15. The zero-order valence-corrected chi connectivity index (χ0v) is 13.1. The molecule has 1 aromatic rings. The van der Waals surface area contributed by atoms with E-state index in [-0.39, 0.29) is 11.5 Å². The molecule has 0 heterocycles. The van der Waals surface area contributed by atoms with Gasteiger partial charge in [-0.05, 0) is 36.1 Å². The Labute approximate surface area is 118 Å². The molecule has 0 bridgehead atoms. The number of likely N-dealkylation sites (N-methyl/N-ethyl adjacent to an activating group) is 1. The van der Waals surface area contributed by atoms with Crippen LogP contribution in [0.5, 0.6) is 0 Å². The number of hydrogen-bond donors (Lipinski definition) is 1. The second kappa shape index (κ2) is 7.06. The van der Waals surface area contributed by atoms with Gasteiger partial charge in [0.15, 0.2) is 0 Å². The van der Waals surface area contributed by atoms with Crippen LogP contribution in [0.15, 0.2) is 24.3 Å². The van der Waals surface area contributed by atoms with Crippen LogP contribution in [-0.4, -0.2) is 29.6 Å². The van der Waals surface area contributed by atoms with Gasteiger partial charge >= 0.3 is 0 Å². The first-order chi connectivity index (χ1) is 8.88. The van der Waals surface area contributed by atoms with Crippen LogP contribution in [0.2, 0.25) is 0 Å². The Morgan fingerprint density at radius 1 is 1.11 bits per heavy atom. The second-order valence-electron chi connectivity index (χ2n) is 6.28. The molecule has 0 aromatic heterocycles. The Kier molecular flexibility index (Phi) is 6.02. The lowest BCUT2D eigenvalue weighted by Gasteiger charge is -2.24. The minimum atomic E-state index is -0.388. The Morgan fingerprint density at radius 2 is 1.68 bits per heavy atom. The van der Waals surface area contributed by atoms with Gasteiger partial charge in [0.25, 0.3) is 0 Å². The Bertz CT molecular complexity index is 364. The number of benzene rings is 1. The van der Waals surface area contributed by atoms with E-state index in [1.165, 1.54) is 5.56 Å². The fraction of sp³-hybridized carbons (Fsp3) is 0.647. The third kappa shape index (κ3) is 4.96. The summed E-state index contributed by atoms with van der Waals surface area (Å²) >= 11 is 0. The molecular weight excluding hydrogens is 234 g/mol. The Balaban J connectivity index is 2.69. The highest BCUT2D eigenvalue weighted by molar-refractivity contribution is 5.28. The molecule has 19 heavy (non-hydrogen) atoms. The van der Waals surface area contributed by atoms with Crippen molar-refractivity contribution in [2.45, 2.75) is 52.6 Å². The maximum atomic E-state index is 10.3. The second-order valence-corrected chi connectivity index (χ2v) is 6.28. The number of aliphatic hydroxyl groups excluding tert-OH is 1. The summed E-state index contributed by atoms with van der Waals surface area (Å²) in [7, 11) is 0. The highest BCUT2D eigenvalue weighted by Crippen LogP contribution is 2.24. The molecule has 0 saturated carbocycles. The summed E-state index contributed by atoms with van der Waals surface area (Å²) < 4.78 is 0. The predicted molar refractivity (Wildman–Crippen MR) is 82.5 cm³/mol. The minimum absolute atomic E-state index is 0.168. The monoisotopic (exact) mass is 263 g/mol. The molecule has 1 unspecified atom stereocenters. The first-order valence-corrected chi connectivity index (χ1v) is 7.39. The largest absolute Gasteiger partial charge is 0.387 e. The van der Waals surface area contributed by atoms with Gasteiger partial charge in [-0.25, -0.2) is 0 Å². The van der Waals surface area contributed by atoms with Gasteiger partial charge in [-0.15, -0.1) is 0 Å². The molecule has 0 fully saturated rings. The van der Waals surface area contributed by atoms with E-state index in [2.05, 4.69) is 63.8 Å². The van der Waals surface area contributed by atoms with Gasteiger partial charge in [0.1, 0.15) is 0 Å². The molecule has 1 aromatic carbocycles. The molecule has 2 nitrogen and oxygen atoms in total. The first-order valence-electron chi connectivity index (χ1n) is 7.39. The molecule has 1 atom stereocenters. The fourth-order valence-corrected chi connectivity index (χ4v) is 2.25. The molecule has 0 amide bonds. The molecule has 0 radical (unpaired) electrons. The number of hydrogen-bond acceptors (Lipinski definition) is 2. The van der Waals surface area contributed by atoms with Gasteiger partial charge in [-0.2, -0.15) is 0 Å². The van der Waals surface area contributed by atoms with E-state index in [4.69, 9.17) is 0 Å². The third-order valence-electron chi connectivity index (χ3n) is 3.58.